The molecular weight excluding hydrogens is 186 g/mol. The molecule has 0 aliphatic heterocycles. The normalized spacial score (nSPS) is 11.9. The second-order valence-electron chi connectivity index (χ2n) is 3.58. The van der Waals surface area contributed by atoms with Crippen molar-refractivity contribution in [3.8, 4) is 5.75 Å². The predicted molar refractivity (Wildman–Crippen MR) is 51.8 cm³/mol. The van der Waals surface area contributed by atoms with Gasteiger partial charge in [-0.05, 0) is 38.1 Å². The molecule has 1 rings (SSSR count). The lowest BCUT2D eigenvalue weighted by Gasteiger charge is -2.13. The van der Waals surface area contributed by atoms with Crippen molar-refractivity contribution in [2.45, 2.75) is 32.8 Å². The van der Waals surface area contributed by atoms with Gasteiger partial charge in [0.05, 0.1) is 6.10 Å². The van der Waals surface area contributed by atoms with Crippen LogP contribution in [0.25, 0.3) is 0 Å². The molecule has 0 fully saturated rings. The summed E-state index contributed by atoms with van der Waals surface area (Å²) in [7, 11) is 0. The van der Waals surface area contributed by atoms with Gasteiger partial charge in [-0.15, -0.1) is 0 Å². The fourth-order valence-corrected chi connectivity index (χ4v) is 1.10. The van der Waals surface area contributed by atoms with Crippen molar-refractivity contribution in [1.29, 1.82) is 0 Å². The molecule has 1 nitrogen and oxygen atoms in total. The first-order valence-electron chi connectivity index (χ1n) is 4.54. The van der Waals surface area contributed by atoms with E-state index in [9.17, 15) is 8.78 Å². The number of alkyl halides is 2. The van der Waals surface area contributed by atoms with Gasteiger partial charge in [0.25, 0.3) is 5.92 Å². The van der Waals surface area contributed by atoms with E-state index in [0.717, 1.165) is 6.92 Å². The number of ether oxygens (including phenoxy) is 1. The van der Waals surface area contributed by atoms with Gasteiger partial charge in [-0.1, -0.05) is 0 Å². The Hall–Kier alpha value is -1.12. The van der Waals surface area contributed by atoms with Gasteiger partial charge in [0.2, 0.25) is 0 Å². The molecular formula is C11H14F2O. The van der Waals surface area contributed by atoms with E-state index >= 15 is 0 Å². The summed E-state index contributed by atoms with van der Waals surface area (Å²) < 4.78 is 31.0. The Morgan fingerprint density at radius 1 is 1.14 bits per heavy atom. The lowest BCUT2D eigenvalue weighted by Crippen LogP contribution is -2.08. The number of benzene rings is 1. The minimum atomic E-state index is -2.78. The minimum absolute atomic E-state index is 0.00797. The van der Waals surface area contributed by atoms with E-state index in [2.05, 4.69) is 0 Å². The fraction of sp³-hybridized carbons (Fsp3) is 0.455. The Morgan fingerprint density at radius 3 is 2.00 bits per heavy atom. The molecule has 0 aliphatic rings. The van der Waals surface area contributed by atoms with Gasteiger partial charge >= 0.3 is 0 Å². The van der Waals surface area contributed by atoms with Crippen molar-refractivity contribution < 1.29 is 13.5 Å². The number of hydrogen-bond donors (Lipinski definition) is 0. The molecule has 1 aromatic rings. The Morgan fingerprint density at radius 2 is 1.64 bits per heavy atom. The SMILES string of the molecule is CC(C)Oc1ccc(C(C)(F)F)cc1. The van der Waals surface area contributed by atoms with E-state index in [-0.39, 0.29) is 11.7 Å². The van der Waals surface area contributed by atoms with Crippen molar-refractivity contribution in [2.75, 3.05) is 0 Å². The summed E-state index contributed by atoms with van der Waals surface area (Å²) in [6.45, 7) is 4.66. The van der Waals surface area contributed by atoms with Crippen LogP contribution in [-0.2, 0) is 5.92 Å². The zero-order chi connectivity index (χ0) is 10.8. The van der Waals surface area contributed by atoms with E-state index < -0.39 is 5.92 Å². The summed E-state index contributed by atoms with van der Waals surface area (Å²) in [6, 6.07) is 5.90. The zero-order valence-electron chi connectivity index (χ0n) is 8.55. The molecule has 0 unspecified atom stereocenters. The van der Waals surface area contributed by atoms with E-state index in [1.165, 1.54) is 12.1 Å². The van der Waals surface area contributed by atoms with Crippen molar-refractivity contribution in [2.24, 2.45) is 0 Å². The lowest BCUT2D eigenvalue weighted by atomic mass is 10.1. The molecule has 0 amide bonds. The maximum atomic E-state index is 12.8. The number of halogens is 2. The summed E-state index contributed by atoms with van der Waals surface area (Å²) in [5.41, 5.74) is 0.00797. The van der Waals surface area contributed by atoms with E-state index in [0.29, 0.717) is 5.75 Å². The van der Waals surface area contributed by atoms with Crippen LogP contribution in [0.15, 0.2) is 24.3 Å². The van der Waals surface area contributed by atoms with Crippen LogP contribution in [0.2, 0.25) is 0 Å². The molecule has 0 N–H and O–H groups in total. The third kappa shape index (κ3) is 2.98. The summed E-state index contributed by atoms with van der Waals surface area (Å²) in [4.78, 5) is 0. The molecule has 0 spiro atoms. The number of hydrogen-bond acceptors (Lipinski definition) is 1. The third-order valence-corrected chi connectivity index (χ3v) is 1.73. The van der Waals surface area contributed by atoms with Gasteiger partial charge in [0.15, 0.2) is 0 Å². The van der Waals surface area contributed by atoms with E-state index in [1.54, 1.807) is 12.1 Å². The third-order valence-electron chi connectivity index (χ3n) is 1.73. The monoisotopic (exact) mass is 200 g/mol. The van der Waals surface area contributed by atoms with Crippen LogP contribution < -0.4 is 4.74 Å². The predicted octanol–water partition coefficient (Wildman–Crippen LogP) is 3.59. The van der Waals surface area contributed by atoms with Crippen LogP contribution >= 0.6 is 0 Å². The molecule has 0 atom stereocenters. The van der Waals surface area contributed by atoms with Crippen LogP contribution in [0.4, 0.5) is 8.78 Å². The maximum Gasteiger partial charge on any atom is 0.270 e. The van der Waals surface area contributed by atoms with Crippen LogP contribution in [-0.4, -0.2) is 6.10 Å². The van der Waals surface area contributed by atoms with Gasteiger partial charge < -0.3 is 4.74 Å². The van der Waals surface area contributed by atoms with Gasteiger partial charge in [0, 0.05) is 12.5 Å². The molecule has 0 saturated carbocycles. The van der Waals surface area contributed by atoms with Crippen molar-refractivity contribution in [3.63, 3.8) is 0 Å². The highest BCUT2D eigenvalue weighted by Gasteiger charge is 2.23. The highest BCUT2D eigenvalue weighted by Crippen LogP contribution is 2.28. The molecule has 1 aromatic carbocycles. The average molecular weight is 200 g/mol. The standard InChI is InChI=1S/C11H14F2O/c1-8(2)14-10-6-4-9(5-7-10)11(3,12)13/h4-8H,1-3H3. The summed E-state index contributed by atoms with van der Waals surface area (Å²) in [5.74, 6) is -2.16. The topological polar surface area (TPSA) is 9.23 Å². The van der Waals surface area contributed by atoms with Gasteiger partial charge in [-0.3, -0.25) is 0 Å². The molecule has 0 aliphatic carbocycles. The Labute approximate surface area is 82.7 Å². The highest BCUT2D eigenvalue weighted by atomic mass is 19.3. The molecule has 0 aromatic heterocycles. The smallest absolute Gasteiger partial charge is 0.270 e. The zero-order valence-corrected chi connectivity index (χ0v) is 8.55. The molecule has 0 bridgehead atoms. The van der Waals surface area contributed by atoms with Gasteiger partial charge in [0.1, 0.15) is 5.75 Å². The van der Waals surface area contributed by atoms with Crippen LogP contribution in [0.3, 0.4) is 0 Å². The highest BCUT2D eigenvalue weighted by molar-refractivity contribution is 5.29. The fourth-order valence-electron chi connectivity index (χ4n) is 1.10. The van der Waals surface area contributed by atoms with Crippen LogP contribution in [0, 0.1) is 0 Å². The first-order valence-corrected chi connectivity index (χ1v) is 4.54. The lowest BCUT2D eigenvalue weighted by molar-refractivity contribution is 0.0174. The minimum Gasteiger partial charge on any atom is -0.491 e. The average Bonchev–Trinajstić information content (AvgIpc) is 2.02. The second-order valence-corrected chi connectivity index (χ2v) is 3.58. The maximum absolute atomic E-state index is 12.8. The van der Waals surface area contributed by atoms with Crippen molar-refractivity contribution in [3.05, 3.63) is 29.8 Å². The quantitative estimate of drug-likeness (QED) is 0.724. The largest absolute Gasteiger partial charge is 0.491 e. The van der Waals surface area contributed by atoms with Crippen LogP contribution in [0.1, 0.15) is 26.3 Å². The molecule has 0 radical (unpaired) electrons. The van der Waals surface area contributed by atoms with Crippen molar-refractivity contribution >= 4 is 0 Å². The summed E-state index contributed by atoms with van der Waals surface area (Å²) >= 11 is 0. The van der Waals surface area contributed by atoms with Crippen molar-refractivity contribution in [1.82, 2.24) is 0 Å². The molecule has 14 heavy (non-hydrogen) atoms. The van der Waals surface area contributed by atoms with Crippen LogP contribution in [0.5, 0.6) is 5.75 Å². The van der Waals surface area contributed by atoms with Gasteiger partial charge in [-0.2, -0.15) is 0 Å². The Balaban J connectivity index is 2.79. The molecule has 0 heterocycles. The number of rotatable bonds is 3. The van der Waals surface area contributed by atoms with E-state index in [1.807, 2.05) is 13.8 Å². The van der Waals surface area contributed by atoms with Gasteiger partial charge in [-0.25, -0.2) is 8.78 Å². The Kier molecular flexibility index (Phi) is 3.09. The second kappa shape index (κ2) is 3.95. The van der Waals surface area contributed by atoms with E-state index in [4.69, 9.17) is 4.74 Å². The summed E-state index contributed by atoms with van der Waals surface area (Å²) in [5, 5.41) is 0. The molecule has 78 valence electrons. The molecule has 0 saturated heterocycles. The first-order chi connectivity index (χ1) is 6.39. The Bertz CT molecular complexity index is 285. The summed E-state index contributed by atoms with van der Waals surface area (Å²) in [6.07, 6.45) is 0.0583. The molecule has 3 heteroatoms. The first kappa shape index (κ1) is 11.0.